The minimum absolute atomic E-state index is 0.417. The molecule has 0 radical (unpaired) electrons. The quantitative estimate of drug-likeness (QED) is 0.241. The molecule has 24 heavy (non-hydrogen) atoms. The van der Waals surface area contributed by atoms with E-state index in [9.17, 15) is 4.21 Å². The van der Waals surface area contributed by atoms with Crippen molar-refractivity contribution in [2.45, 2.75) is 127 Å². The van der Waals surface area contributed by atoms with Crippen LogP contribution in [0.4, 0.5) is 0 Å². The number of hydrogen-bond acceptors (Lipinski definition) is 1. The molecule has 0 N–H and O–H groups in total. The molecule has 2 aliphatic rings. The molecule has 2 bridgehead atoms. The molecule has 0 aliphatic carbocycles. The number of unbranched alkanes of at least 4 members (excludes halogenated alkanes) is 12. The van der Waals surface area contributed by atoms with Crippen LogP contribution < -0.4 is 0 Å². The van der Waals surface area contributed by atoms with E-state index in [1.54, 1.807) is 5.57 Å². The monoisotopic (exact) mass is 352 g/mol. The minimum atomic E-state index is -0.533. The number of hydrogen-bond donors (Lipinski definition) is 0. The zero-order chi connectivity index (χ0) is 17.0. The van der Waals surface area contributed by atoms with Gasteiger partial charge in [0.1, 0.15) is 0 Å². The van der Waals surface area contributed by atoms with Crippen LogP contribution in [-0.2, 0) is 10.8 Å². The van der Waals surface area contributed by atoms with Gasteiger partial charge < -0.3 is 0 Å². The van der Waals surface area contributed by atoms with Gasteiger partial charge >= 0.3 is 0 Å². The van der Waals surface area contributed by atoms with Gasteiger partial charge in [-0.2, -0.15) is 0 Å². The molecule has 140 valence electrons. The van der Waals surface area contributed by atoms with Crippen molar-refractivity contribution >= 4 is 10.8 Å². The average Bonchev–Trinajstić information content (AvgIpc) is 2.80. The largest absolute Gasteiger partial charge is 0.259 e. The highest BCUT2D eigenvalue weighted by Gasteiger charge is 2.35. The predicted molar refractivity (Wildman–Crippen MR) is 108 cm³/mol. The van der Waals surface area contributed by atoms with E-state index in [0.29, 0.717) is 10.5 Å². The first-order valence-electron chi connectivity index (χ1n) is 10.9. The van der Waals surface area contributed by atoms with Gasteiger partial charge in [0, 0.05) is 16.0 Å². The first-order valence-corrected chi connectivity index (χ1v) is 12.2. The Bertz CT molecular complexity index is 387. The van der Waals surface area contributed by atoms with Crippen LogP contribution in [0.1, 0.15) is 116 Å². The molecule has 0 spiro atoms. The normalized spacial score (nSPS) is 25.9. The van der Waals surface area contributed by atoms with Gasteiger partial charge in [-0.3, -0.25) is 4.21 Å². The topological polar surface area (TPSA) is 17.1 Å². The van der Waals surface area contributed by atoms with Crippen LogP contribution in [0.15, 0.2) is 11.6 Å². The van der Waals surface area contributed by atoms with Crippen LogP contribution in [0.3, 0.4) is 0 Å². The zero-order valence-electron chi connectivity index (χ0n) is 16.1. The Morgan fingerprint density at radius 3 is 1.92 bits per heavy atom. The summed E-state index contributed by atoms with van der Waals surface area (Å²) in [6, 6.07) is 0. The summed E-state index contributed by atoms with van der Waals surface area (Å²) in [4.78, 5) is 0. The highest BCUT2D eigenvalue weighted by molar-refractivity contribution is 7.86. The molecule has 0 aromatic rings. The molecule has 3 unspecified atom stereocenters. The second kappa shape index (κ2) is 12.3. The summed E-state index contributed by atoms with van der Waals surface area (Å²) in [7, 11) is -0.533. The van der Waals surface area contributed by atoms with Gasteiger partial charge in [0.15, 0.2) is 0 Å². The molecule has 0 aromatic carbocycles. The van der Waals surface area contributed by atoms with E-state index in [2.05, 4.69) is 13.0 Å². The summed E-state index contributed by atoms with van der Waals surface area (Å²) in [6.07, 6.45) is 25.8. The molecule has 3 atom stereocenters. The molecule has 2 aliphatic heterocycles. The van der Waals surface area contributed by atoms with Crippen LogP contribution in [0, 0.1) is 0 Å². The molecule has 2 heteroatoms. The molecular formula is C22H40OS. The maximum absolute atomic E-state index is 12.0. The lowest BCUT2D eigenvalue weighted by Crippen LogP contribution is -2.20. The molecule has 0 aromatic heterocycles. The highest BCUT2D eigenvalue weighted by atomic mass is 32.2. The average molecular weight is 353 g/mol. The van der Waals surface area contributed by atoms with E-state index in [1.165, 1.54) is 103 Å². The molecule has 1 fully saturated rings. The first-order chi connectivity index (χ1) is 11.8. The lowest BCUT2D eigenvalue weighted by Gasteiger charge is -2.19. The van der Waals surface area contributed by atoms with Crippen LogP contribution in [0.5, 0.6) is 0 Å². The fraction of sp³-hybridized carbons (Fsp3) is 0.909. The Labute approximate surface area is 153 Å². The Balaban J connectivity index is 1.35. The first kappa shape index (κ1) is 20.2. The standard InChI is InChI=1S/C22H40OS/c1-2-3-4-5-6-7-8-9-10-11-12-13-14-15-20-18-21-16-17-22(19-20)24(21)23/h18,21-22H,2-17,19H2,1H3. The fourth-order valence-electron chi connectivity index (χ4n) is 4.34. The summed E-state index contributed by atoms with van der Waals surface area (Å²) < 4.78 is 12.0. The van der Waals surface area contributed by atoms with Crippen molar-refractivity contribution in [1.29, 1.82) is 0 Å². The van der Waals surface area contributed by atoms with Crippen molar-refractivity contribution < 1.29 is 4.21 Å². The predicted octanol–water partition coefficient (Wildman–Crippen LogP) is 7.08. The summed E-state index contributed by atoms with van der Waals surface area (Å²) in [5, 5.41) is 0.928. The van der Waals surface area contributed by atoms with Crippen LogP contribution >= 0.6 is 0 Å². The summed E-state index contributed by atoms with van der Waals surface area (Å²) in [6.45, 7) is 2.29. The van der Waals surface area contributed by atoms with Crippen molar-refractivity contribution in [3.05, 3.63) is 11.6 Å². The number of rotatable bonds is 14. The molecule has 0 saturated carbocycles. The van der Waals surface area contributed by atoms with E-state index < -0.39 is 10.8 Å². The Hall–Kier alpha value is -0.110. The summed E-state index contributed by atoms with van der Waals surface area (Å²) in [5.41, 5.74) is 1.63. The van der Waals surface area contributed by atoms with Crippen molar-refractivity contribution in [1.82, 2.24) is 0 Å². The summed E-state index contributed by atoms with van der Waals surface area (Å²) >= 11 is 0. The maximum atomic E-state index is 12.0. The third kappa shape index (κ3) is 7.42. The minimum Gasteiger partial charge on any atom is -0.259 e. The van der Waals surface area contributed by atoms with Gasteiger partial charge in [-0.1, -0.05) is 95.6 Å². The van der Waals surface area contributed by atoms with E-state index >= 15 is 0 Å². The lowest BCUT2D eigenvalue weighted by atomic mass is 10.0. The van der Waals surface area contributed by atoms with Gasteiger partial charge in [0.25, 0.3) is 0 Å². The zero-order valence-corrected chi connectivity index (χ0v) is 16.9. The van der Waals surface area contributed by atoms with Crippen LogP contribution in [0.25, 0.3) is 0 Å². The molecule has 1 nitrogen and oxygen atoms in total. The third-order valence-corrected chi connectivity index (χ3v) is 7.94. The fourth-order valence-corrected chi connectivity index (χ4v) is 6.28. The second-order valence-electron chi connectivity index (χ2n) is 8.09. The molecule has 2 rings (SSSR count). The molecule has 1 saturated heterocycles. The van der Waals surface area contributed by atoms with Crippen molar-refractivity contribution in [2.24, 2.45) is 0 Å². The SMILES string of the molecule is CCCCCCCCCCCCCCCC1=CC2CCC(C1)S2=O. The number of allylic oxidation sites excluding steroid dienone is 1. The molecular weight excluding hydrogens is 312 g/mol. The smallest absolute Gasteiger partial charge is 0.0533 e. The van der Waals surface area contributed by atoms with Gasteiger partial charge in [-0.15, -0.1) is 0 Å². The van der Waals surface area contributed by atoms with E-state index in [0.717, 1.165) is 6.42 Å². The molecule has 2 heterocycles. The Kier molecular flexibility index (Phi) is 10.3. The van der Waals surface area contributed by atoms with Crippen LogP contribution in [-0.4, -0.2) is 14.7 Å². The number of fused-ring (bicyclic) bond motifs is 2. The van der Waals surface area contributed by atoms with Gasteiger partial charge in [-0.05, 0) is 32.1 Å². The summed E-state index contributed by atoms with van der Waals surface area (Å²) in [5.74, 6) is 0. The second-order valence-corrected chi connectivity index (χ2v) is 10.0. The van der Waals surface area contributed by atoms with Crippen LogP contribution in [0.2, 0.25) is 0 Å². The van der Waals surface area contributed by atoms with Gasteiger partial charge in [0.2, 0.25) is 0 Å². The third-order valence-electron chi connectivity index (χ3n) is 5.91. The van der Waals surface area contributed by atoms with Crippen molar-refractivity contribution in [3.63, 3.8) is 0 Å². The van der Waals surface area contributed by atoms with E-state index in [4.69, 9.17) is 0 Å². The van der Waals surface area contributed by atoms with Crippen molar-refractivity contribution in [2.75, 3.05) is 0 Å². The lowest BCUT2D eigenvalue weighted by molar-refractivity contribution is 0.538. The Morgan fingerprint density at radius 1 is 0.833 bits per heavy atom. The van der Waals surface area contributed by atoms with Gasteiger partial charge in [-0.25, -0.2) is 0 Å². The van der Waals surface area contributed by atoms with E-state index in [1.807, 2.05) is 0 Å². The Morgan fingerprint density at radius 2 is 1.38 bits per heavy atom. The molecule has 0 amide bonds. The van der Waals surface area contributed by atoms with Crippen molar-refractivity contribution in [3.8, 4) is 0 Å². The maximum Gasteiger partial charge on any atom is 0.0533 e. The van der Waals surface area contributed by atoms with Gasteiger partial charge in [0.05, 0.1) is 5.25 Å². The highest BCUT2D eigenvalue weighted by Crippen LogP contribution is 2.36. The van der Waals surface area contributed by atoms with E-state index in [-0.39, 0.29) is 0 Å².